The van der Waals surface area contributed by atoms with E-state index in [1.54, 1.807) is 0 Å². The number of piperidine rings is 1. The molecule has 0 aliphatic carbocycles. The molecule has 1 aromatic carbocycles. The Bertz CT molecular complexity index is 708. The Labute approximate surface area is 173 Å². The van der Waals surface area contributed by atoms with E-state index >= 15 is 0 Å². The first kappa shape index (κ1) is 20.7. The molecule has 1 aromatic heterocycles. The van der Waals surface area contributed by atoms with E-state index in [4.69, 9.17) is 0 Å². The second-order valence-corrected chi connectivity index (χ2v) is 8.49. The van der Waals surface area contributed by atoms with Crippen molar-refractivity contribution in [3.05, 3.63) is 53.4 Å². The Hall–Kier alpha value is -2.05. The Morgan fingerprint density at radius 3 is 2.61 bits per heavy atom. The van der Waals surface area contributed by atoms with Gasteiger partial charge >= 0.3 is 0 Å². The minimum Gasteiger partial charge on any atom is -0.363 e. The molecule has 0 bridgehead atoms. The van der Waals surface area contributed by atoms with Crippen LogP contribution in [0, 0.1) is 0 Å². The molecule has 28 heavy (non-hydrogen) atoms. The number of nitrogens with one attached hydrogen (secondary N) is 2. The van der Waals surface area contributed by atoms with Crippen molar-refractivity contribution in [1.29, 1.82) is 0 Å². The Kier molecular flexibility index (Phi) is 7.74. The fourth-order valence-corrected chi connectivity index (χ4v) is 4.29. The summed E-state index contributed by atoms with van der Waals surface area (Å²) in [4.78, 5) is 9.29. The number of aliphatic imine (C=N–C) groups is 1. The first-order valence-corrected chi connectivity index (χ1v) is 11.0. The van der Waals surface area contributed by atoms with Gasteiger partial charge in [-0.05, 0) is 49.9 Å². The summed E-state index contributed by atoms with van der Waals surface area (Å²) in [5.74, 6) is 0.912. The van der Waals surface area contributed by atoms with Gasteiger partial charge in [-0.15, -0.1) is 11.3 Å². The Morgan fingerprint density at radius 2 is 1.96 bits per heavy atom. The van der Waals surface area contributed by atoms with Gasteiger partial charge in [0, 0.05) is 45.3 Å². The zero-order valence-corrected chi connectivity index (χ0v) is 18.1. The molecule has 1 fully saturated rings. The van der Waals surface area contributed by atoms with Crippen LogP contribution < -0.4 is 15.5 Å². The van der Waals surface area contributed by atoms with Crippen LogP contribution in [-0.4, -0.2) is 56.7 Å². The monoisotopic (exact) mass is 399 g/mol. The topological polar surface area (TPSA) is 42.9 Å². The van der Waals surface area contributed by atoms with Crippen LogP contribution in [0.2, 0.25) is 0 Å². The number of guanidine groups is 1. The van der Waals surface area contributed by atoms with Crippen molar-refractivity contribution < 1.29 is 0 Å². The second kappa shape index (κ2) is 10.5. The Balaban J connectivity index is 1.39. The molecule has 1 atom stereocenters. The largest absolute Gasteiger partial charge is 0.363 e. The summed E-state index contributed by atoms with van der Waals surface area (Å²) in [6.45, 7) is 6.29. The number of hydrogen-bond acceptors (Lipinski definition) is 4. The second-order valence-electron chi connectivity index (χ2n) is 7.56. The lowest BCUT2D eigenvalue weighted by molar-refractivity contribution is 0.249. The highest BCUT2D eigenvalue weighted by atomic mass is 32.1. The molecule has 0 spiro atoms. The third-order valence-corrected chi connectivity index (χ3v) is 6.40. The molecule has 1 saturated heterocycles. The molecule has 2 N–H and O–H groups in total. The number of rotatable bonds is 7. The Morgan fingerprint density at radius 1 is 1.21 bits per heavy atom. The van der Waals surface area contributed by atoms with Crippen LogP contribution in [0.15, 0.2) is 52.8 Å². The van der Waals surface area contributed by atoms with Gasteiger partial charge in [-0.2, -0.15) is 0 Å². The summed E-state index contributed by atoms with van der Waals surface area (Å²) in [7, 11) is 4.03. The third kappa shape index (κ3) is 5.97. The van der Waals surface area contributed by atoms with E-state index in [0.717, 1.165) is 45.0 Å². The van der Waals surface area contributed by atoms with Crippen LogP contribution in [0.3, 0.4) is 0 Å². The van der Waals surface area contributed by atoms with Gasteiger partial charge in [-0.1, -0.05) is 30.3 Å². The molecule has 5 nitrogen and oxygen atoms in total. The fraction of sp³-hybridized carbons (Fsp3) is 0.500. The van der Waals surface area contributed by atoms with E-state index in [1.165, 1.54) is 10.6 Å². The molecule has 2 aromatic rings. The molecule has 0 amide bonds. The standard InChI is InChI=1S/C22H33N5S/c1-18(26(3)17-19-8-5-4-6-9-19)16-24-22(23-2)25-20-11-13-27(14-12-20)21-10-7-15-28-21/h4-10,15,18,20H,11-14,16-17H2,1-3H3,(H2,23,24,25). The maximum Gasteiger partial charge on any atom is 0.191 e. The normalized spacial score (nSPS) is 17.0. The molecule has 6 heteroatoms. The lowest BCUT2D eigenvalue weighted by Gasteiger charge is -2.34. The van der Waals surface area contributed by atoms with Crippen molar-refractivity contribution in [1.82, 2.24) is 15.5 Å². The zero-order valence-electron chi connectivity index (χ0n) is 17.3. The van der Waals surface area contributed by atoms with Crippen molar-refractivity contribution in [2.45, 2.75) is 38.4 Å². The molecule has 152 valence electrons. The average molecular weight is 400 g/mol. The summed E-state index contributed by atoms with van der Waals surface area (Å²) < 4.78 is 0. The number of likely N-dealkylation sites (N-methyl/N-ethyl adjacent to an activating group) is 1. The van der Waals surface area contributed by atoms with Crippen LogP contribution in [0.5, 0.6) is 0 Å². The van der Waals surface area contributed by atoms with Crippen LogP contribution in [0.4, 0.5) is 5.00 Å². The number of nitrogens with zero attached hydrogens (tertiary/aromatic N) is 3. The first-order chi connectivity index (χ1) is 13.7. The SMILES string of the molecule is CN=C(NCC(C)N(C)Cc1ccccc1)NC1CCN(c2cccs2)CC1. The molecule has 2 heterocycles. The smallest absolute Gasteiger partial charge is 0.191 e. The molecule has 0 saturated carbocycles. The van der Waals surface area contributed by atoms with E-state index in [0.29, 0.717) is 12.1 Å². The van der Waals surface area contributed by atoms with Gasteiger partial charge in [0.2, 0.25) is 0 Å². The summed E-state index contributed by atoms with van der Waals surface area (Å²) in [6.07, 6.45) is 2.28. The van der Waals surface area contributed by atoms with E-state index in [9.17, 15) is 0 Å². The van der Waals surface area contributed by atoms with E-state index < -0.39 is 0 Å². The third-order valence-electron chi connectivity index (χ3n) is 5.47. The van der Waals surface area contributed by atoms with Gasteiger partial charge in [-0.3, -0.25) is 9.89 Å². The molecule has 1 aliphatic rings. The minimum atomic E-state index is 0.416. The molecule has 1 unspecified atom stereocenters. The lowest BCUT2D eigenvalue weighted by Crippen LogP contribution is -2.50. The summed E-state index contributed by atoms with van der Waals surface area (Å²) >= 11 is 1.83. The number of hydrogen-bond donors (Lipinski definition) is 2. The fourth-order valence-electron chi connectivity index (χ4n) is 3.51. The van der Waals surface area contributed by atoms with Gasteiger partial charge in [0.05, 0.1) is 5.00 Å². The quantitative estimate of drug-likeness (QED) is 0.553. The molecular weight excluding hydrogens is 366 g/mol. The zero-order chi connectivity index (χ0) is 19.8. The van der Waals surface area contributed by atoms with E-state index in [-0.39, 0.29) is 0 Å². The van der Waals surface area contributed by atoms with Crippen LogP contribution in [0.1, 0.15) is 25.3 Å². The highest BCUT2D eigenvalue weighted by Gasteiger charge is 2.21. The first-order valence-electron chi connectivity index (χ1n) is 10.2. The van der Waals surface area contributed by atoms with Crippen LogP contribution >= 0.6 is 11.3 Å². The van der Waals surface area contributed by atoms with E-state index in [1.807, 2.05) is 18.4 Å². The van der Waals surface area contributed by atoms with Gasteiger partial charge in [-0.25, -0.2) is 0 Å². The lowest BCUT2D eigenvalue weighted by atomic mass is 10.1. The molecule has 1 aliphatic heterocycles. The average Bonchev–Trinajstić information content (AvgIpc) is 3.27. The maximum absolute atomic E-state index is 4.43. The number of thiophene rings is 1. The minimum absolute atomic E-state index is 0.416. The maximum atomic E-state index is 4.43. The predicted octanol–water partition coefficient (Wildman–Crippen LogP) is 3.40. The summed E-state index contributed by atoms with van der Waals surface area (Å²) in [5, 5.41) is 10.7. The van der Waals surface area contributed by atoms with Crippen LogP contribution in [0.25, 0.3) is 0 Å². The number of anilines is 1. The predicted molar refractivity (Wildman–Crippen MR) is 121 cm³/mol. The highest BCUT2D eigenvalue weighted by molar-refractivity contribution is 7.14. The number of benzene rings is 1. The van der Waals surface area contributed by atoms with Crippen molar-refractivity contribution in [2.75, 3.05) is 38.6 Å². The van der Waals surface area contributed by atoms with Crippen molar-refractivity contribution in [3.63, 3.8) is 0 Å². The van der Waals surface area contributed by atoms with Gasteiger partial charge in [0.1, 0.15) is 0 Å². The van der Waals surface area contributed by atoms with Crippen molar-refractivity contribution in [3.8, 4) is 0 Å². The van der Waals surface area contributed by atoms with Gasteiger partial charge in [0.15, 0.2) is 5.96 Å². The van der Waals surface area contributed by atoms with E-state index in [2.05, 4.69) is 87.2 Å². The van der Waals surface area contributed by atoms with Gasteiger partial charge < -0.3 is 15.5 Å². The van der Waals surface area contributed by atoms with Crippen LogP contribution in [-0.2, 0) is 6.54 Å². The molecule has 3 rings (SSSR count). The highest BCUT2D eigenvalue weighted by Crippen LogP contribution is 2.24. The molecular formula is C22H33N5S. The molecule has 0 radical (unpaired) electrons. The summed E-state index contributed by atoms with van der Waals surface area (Å²) in [6, 6.07) is 15.9. The van der Waals surface area contributed by atoms with Gasteiger partial charge in [0.25, 0.3) is 0 Å². The van der Waals surface area contributed by atoms with Crippen molar-refractivity contribution >= 4 is 22.3 Å². The summed E-state index contributed by atoms with van der Waals surface area (Å²) in [5.41, 5.74) is 1.34. The van der Waals surface area contributed by atoms with Crippen molar-refractivity contribution in [2.24, 2.45) is 4.99 Å².